The van der Waals surface area contributed by atoms with Crippen molar-refractivity contribution < 1.29 is 4.79 Å². The van der Waals surface area contributed by atoms with Crippen molar-refractivity contribution in [1.82, 2.24) is 15.2 Å². The lowest BCUT2D eigenvalue weighted by Crippen LogP contribution is -2.26. The van der Waals surface area contributed by atoms with Crippen molar-refractivity contribution in [1.29, 1.82) is 0 Å². The van der Waals surface area contributed by atoms with E-state index in [0.717, 1.165) is 5.69 Å². The molecule has 3 aromatic rings. The van der Waals surface area contributed by atoms with Crippen molar-refractivity contribution in [2.24, 2.45) is 0 Å². The number of amides is 1. The Morgan fingerprint density at radius 2 is 1.85 bits per heavy atom. The third-order valence-corrected chi connectivity index (χ3v) is 2.85. The van der Waals surface area contributed by atoms with Gasteiger partial charge < -0.3 is 0 Å². The second-order valence-electron chi connectivity index (χ2n) is 4.16. The first kappa shape index (κ1) is 12.1. The Morgan fingerprint density at radius 3 is 2.50 bits per heavy atom. The third kappa shape index (κ3) is 2.29. The minimum absolute atomic E-state index is 0.159. The van der Waals surface area contributed by atoms with E-state index in [2.05, 4.69) is 15.2 Å². The fourth-order valence-electron chi connectivity index (χ4n) is 1.93. The number of pyridine rings is 1. The van der Waals surface area contributed by atoms with Gasteiger partial charge in [-0.05, 0) is 24.3 Å². The molecule has 2 aromatic heterocycles. The van der Waals surface area contributed by atoms with Crippen molar-refractivity contribution in [2.75, 3.05) is 4.90 Å². The number of rotatable bonds is 3. The second-order valence-corrected chi connectivity index (χ2v) is 4.16. The van der Waals surface area contributed by atoms with Gasteiger partial charge in [-0.25, -0.2) is 0 Å². The number of aromatic nitrogens is 3. The summed E-state index contributed by atoms with van der Waals surface area (Å²) in [6, 6.07) is 14.6. The minimum atomic E-state index is -0.159. The molecule has 1 N–H and O–H groups in total. The fourth-order valence-corrected chi connectivity index (χ4v) is 1.93. The van der Waals surface area contributed by atoms with E-state index in [9.17, 15) is 4.79 Å². The molecule has 0 unspecified atom stereocenters. The summed E-state index contributed by atoms with van der Waals surface area (Å²) in [6.45, 7) is 0. The minimum Gasteiger partial charge on any atom is -0.268 e. The van der Waals surface area contributed by atoms with Gasteiger partial charge in [0.25, 0.3) is 5.91 Å². The zero-order valence-corrected chi connectivity index (χ0v) is 10.6. The summed E-state index contributed by atoms with van der Waals surface area (Å²) < 4.78 is 0. The highest BCUT2D eigenvalue weighted by atomic mass is 16.2. The topological polar surface area (TPSA) is 61.9 Å². The number of aromatic amines is 1. The summed E-state index contributed by atoms with van der Waals surface area (Å²) in [6.07, 6.45) is 4.80. The summed E-state index contributed by atoms with van der Waals surface area (Å²) in [5.74, 6) is 0.457. The number of hydrogen-bond donors (Lipinski definition) is 1. The SMILES string of the molecule is O=C(c1cccnc1)N(c1ccccc1)c1ccn[nH]1. The Balaban J connectivity index is 2.05. The second kappa shape index (κ2) is 5.36. The van der Waals surface area contributed by atoms with Crippen molar-refractivity contribution in [2.45, 2.75) is 0 Å². The quantitative estimate of drug-likeness (QED) is 0.791. The Morgan fingerprint density at radius 1 is 1.00 bits per heavy atom. The smallest absolute Gasteiger partial charge is 0.265 e. The van der Waals surface area contributed by atoms with Gasteiger partial charge >= 0.3 is 0 Å². The van der Waals surface area contributed by atoms with Crippen LogP contribution in [-0.4, -0.2) is 21.1 Å². The maximum atomic E-state index is 12.7. The molecule has 3 rings (SSSR count). The number of hydrogen-bond acceptors (Lipinski definition) is 3. The number of nitrogens with one attached hydrogen (secondary N) is 1. The van der Waals surface area contributed by atoms with Gasteiger partial charge in [0.1, 0.15) is 5.82 Å². The number of nitrogens with zero attached hydrogens (tertiary/aromatic N) is 3. The first-order valence-electron chi connectivity index (χ1n) is 6.15. The van der Waals surface area contributed by atoms with E-state index in [1.807, 2.05) is 30.3 Å². The van der Waals surface area contributed by atoms with Gasteiger partial charge in [-0.15, -0.1) is 0 Å². The first-order valence-corrected chi connectivity index (χ1v) is 6.15. The highest BCUT2D eigenvalue weighted by Gasteiger charge is 2.20. The van der Waals surface area contributed by atoms with E-state index in [1.165, 1.54) is 0 Å². The first-order chi connectivity index (χ1) is 9.86. The van der Waals surface area contributed by atoms with E-state index in [0.29, 0.717) is 11.4 Å². The van der Waals surface area contributed by atoms with Crippen LogP contribution >= 0.6 is 0 Å². The third-order valence-electron chi connectivity index (χ3n) is 2.85. The molecule has 0 aliphatic heterocycles. The monoisotopic (exact) mass is 264 g/mol. The van der Waals surface area contributed by atoms with Crippen LogP contribution in [0.2, 0.25) is 0 Å². The Kier molecular flexibility index (Phi) is 3.24. The Bertz CT molecular complexity index is 680. The van der Waals surface area contributed by atoms with Gasteiger partial charge in [-0.2, -0.15) is 5.10 Å². The van der Waals surface area contributed by atoms with Gasteiger partial charge in [-0.1, -0.05) is 18.2 Å². The molecule has 0 bridgehead atoms. The maximum Gasteiger partial charge on any atom is 0.265 e. The number of anilines is 2. The zero-order chi connectivity index (χ0) is 13.8. The van der Waals surface area contributed by atoms with Gasteiger partial charge in [-0.3, -0.25) is 19.8 Å². The molecule has 1 aromatic carbocycles. The zero-order valence-electron chi connectivity index (χ0n) is 10.6. The summed E-state index contributed by atoms with van der Waals surface area (Å²) >= 11 is 0. The van der Waals surface area contributed by atoms with Gasteiger partial charge in [0.05, 0.1) is 17.4 Å². The molecule has 0 radical (unpaired) electrons. The molecule has 0 spiro atoms. The molecule has 1 amide bonds. The summed E-state index contributed by atoms with van der Waals surface area (Å²) in [4.78, 5) is 18.2. The van der Waals surface area contributed by atoms with Crippen molar-refractivity contribution in [3.05, 3.63) is 72.7 Å². The highest BCUT2D eigenvalue weighted by Crippen LogP contribution is 2.24. The van der Waals surface area contributed by atoms with E-state index < -0.39 is 0 Å². The van der Waals surface area contributed by atoms with Gasteiger partial charge in [0.2, 0.25) is 0 Å². The number of para-hydroxylation sites is 1. The summed E-state index contributed by atoms with van der Waals surface area (Å²) in [5, 5.41) is 6.73. The highest BCUT2D eigenvalue weighted by molar-refractivity contribution is 6.10. The normalized spacial score (nSPS) is 10.2. The van der Waals surface area contributed by atoms with Crippen molar-refractivity contribution in [3.63, 3.8) is 0 Å². The molecule has 5 nitrogen and oxygen atoms in total. The molecule has 0 aliphatic rings. The number of carbonyl (C=O) groups is 1. The average Bonchev–Trinajstić information content (AvgIpc) is 3.03. The van der Waals surface area contributed by atoms with Crippen LogP contribution in [-0.2, 0) is 0 Å². The lowest BCUT2D eigenvalue weighted by atomic mass is 10.2. The summed E-state index contributed by atoms with van der Waals surface area (Å²) in [5.41, 5.74) is 1.29. The van der Waals surface area contributed by atoms with E-state index >= 15 is 0 Å². The lowest BCUT2D eigenvalue weighted by molar-refractivity contribution is 0.0998. The van der Waals surface area contributed by atoms with E-state index in [-0.39, 0.29) is 5.91 Å². The maximum absolute atomic E-state index is 12.7. The predicted octanol–water partition coefficient (Wildman–Crippen LogP) is 2.78. The molecule has 20 heavy (non-hydrogen) atoms. The van der Waals surface area contributed by atoms with Crippen LogP contribution in [0.3, 0.4) is 0 Å². The van der Waals surface area contributed by atoms with Crippen LogP contribution in [0.5, 0.6) is 0 Å². The molecule has 0 saturated heterocycles. The van der Waals surface area contributed by atoms with E-state index in [4.69, 9.17) is 0 Å². The molecule has 98 valence electrons. The Labute approximate surface area is 115 Å². The van der Waals surface area contributed by atoms with Crippen LogP contribution in [0.4, 0.5) is 11.5 Å². The molecule has 0 aliphatic carbocycles. The fraction of sp³-hybridized carbons (Fsp3) is 0. The van der Waals surface area contributed by atoms with Crippen molar-refractivity contribution >= 4 is 17.4 Å². The largest absolute Gasteiger partial charge is 0.268 e. The lowest BCUT2D eigenvalue weighted by Gasteiger charge is -2.20. The van der Waals surface area contributed by atoms with E-state index in [1.54, 1.807) is 41.7 Å². The van der Waals surface area contributed by atoms with Crippen LogP contribution in [0.15, 0.2) is 67.1 Å². The molecular formula is C15H12N4O. The molecule has 5 heteroatoms. The van der Waals surface area contributed by atoms with Crippen molar-refractivity contribution in [3.8, 4) is 0 Å². The Hall–Kier alpha value is -2.95. The molecule has 0 fully saturated rings. The van der Waals surface area contributed by atoms with Crippen LogP contribution in [0, 0.1) is 0 Å². The molecule has 0 atom stereocenters. The summed E-state index contributed by atoms with van der Waals surface area (Å²) in [7, 11) is 0. The number of carbonyl (C=O) groups excluding carboxylic acids is 1. The van der Waals surface area contributed by atoms with Crippen LogP contribution in [0.25, 0.3) is 0 Å². The standard InChI is InChI=1S/C15H12N4O/c20-15(12-5-4-9-16-11-12)19(14-8-10-17-18-14)13-6-2-1-3-7-13/h1-11H,(H,17,18). The van der Waals surface area contributed by atoms with Gasteiger partial charge in [0.15, 0.2) is 0 Å². The van der Waals surface area contributed by atoms with Gasteiger partial charge in [0, 0.05) is 18.5 Å². The number of H-pyrrole nitrogens is 1. The van der Waals surface area contributed by atoms with Crippen LogP contribution in [0.1, 0.15) is 10.4 Å². The number of benzene rings is 1. The molecule has 2 heterocycles. The predicted molar refractivity (Wildman–Crippen MR) is 75.7 cm³/mol. The molecular weight excluding hydrogens is 252 g/mol. The molecule has 0 saturated carbocycles. The van der Waals surface area contributed by atoms with Crippen LogP contribution < -0.4 is 4.90 Å². The average molecular weight is 264 g/mol.